The van der Waals surface area contributed by atoms with Gasteiger partial charge in [0, 0.05) is 11.5 Å². The topological polar surface area (TPSA) is 116 Å². The van der Waals surface area contributed by atoms with Gasteiger partial charge in [0.15, 0.2) is 5.72 Å². The van der Waals surface area contributed by atoms with Gasteiger partial charge in [-0.15, -0.1) is 0 Å². The molecule has 2 aromatic rings. The molecule has 2 amide bonds. The standard InChI is InChI=1S/C19H16FN3O3/c20-14-9-5-4-8-12(14)15-13(10-21)19(26,11-6-2-1-3-7-11)23-18(25)16(15)17(22)24/h1-9,13,15-16,26H,(H2,22,24)(H,23,25). The van der Waals surface area contributed by atoms with Crippen molar-refractivity contribution in [3.05, 3.63) is 71.5 Å². The number of carbonyl (C=O) groups is 2. The lowest BCUT2D eigenvalue weighted by Crippen LogP contribution is -2.62. The minimum atomic E-state index is -2.09. The van der Waals surface area contributed by atoms with Crippen molar-refractivity contribution in [1.82, 2.24) is 5.32 Å². The summed E-state index contributed by atoms with van der Waals surface area (Å²) in [5.41, 5.74) is 3.51. The van der Waals surface area contributed by atoms with Crippen LogP contribution in [0.5, 0.6) is 0 Å². The van der Waals surface area contributed by atoms with Crippen molar-refractivity contribution in [1.29, 1.82) is 5.26 Å². The van der Waals surface area contributed by atoms with Crippen LogP contribution in [0.25, 0.3) is 0 Å². The predicted molar refractivity (Wildman–Crippen MR) is 89.4 cm³/mol. The van der Waals surface area contributed by atoms with E-state index in [1.807, 2.05) is 6.07 Å². The summed E-state index contributed by atoms with van der Waals surface area (Å²) in [6.45, 7) is 0. The molecule has 0 aliphatic carbocycles. The second kappa shape index (κ2) is 6.58. The summed E-state index contributed by atoms with van der Waals surface area (Å²) in [6.07, 6.45) is 0. The maximum Gasteiger partial charge on any atom is 0.235 e. The summed E-state index contributed by atoms with van der Waals surface area (Å²) in [7, 11) is 0. The van der Waals surface area contributed by atoms with E-state index in [2.05, 4.69) is 5.32 Å². The number of nitrogens with two attached hydrogens (primary N) is 1. The molecule has 132 valence electrons. The quantitative estimate of drug-likeness (QED) is 0.717. The number of nitrogens with zero attached hydrogens (tertiary/aromatic N) is 1. The molecule has 4 atom stereocenters. The molecular formula is C19H16FN3O3. The van der Waals surface area contributed by atoms with Crippen molar-refractivity contribution in [3.63, 3.8) is 0 Å². The fraction of sp³-hybridized carbons (Fsp3) is 0.211. The van der Waals surface area contributed by atoms with Gasteiger partial charge in [-0.3, -0.25) is 9.59 Å². The predicted octanol–water partition coefficient (Wildman–Crippen LogP) is 1.13. The molecule has 0 aromatic heterocycles. The number of benzene rings is 2. The summed E-state index contributed by atoms with van der Waals surface area (Å²) in [4.78, 5) is 24.5. The van der Waals surface area contributed by atoms with Crippen LogP contribution in [0.2, 0.25) is 0 Å². The average Bonchev–Trinajstić information content (AvgIpc) is 2.62. The van der Waals surface area contributed by atoms with Gasteiger partial charge in [-0.2, -0.15) is 5.26 Å². The van der Waals surface area contributed by atoms with Gasteiger partial charge in [0.25, 0.3) is 0 Å². The maximum absolute atomic E-state index is 14.4. The number of hydrogen-bond acceptors (Lipinski definition) is 4. The second-order valence-electron chi connectivity index (χ2n) is 6.16. The number of amides is 2. The molecule has 26 heavy (non-hydrogen) atoms. The SMILES string of the molecule is N#CC1C(c2ccccc2F)C(C(N)=O)C(=O)NC1(O)c1ccccc1. The zero-order valence-electron chi connectivity index (χ0n) is 13.6. The van der Waals surface area contributed by atoms with Gasteiger partial charge >= 0.3 is 0 Å². The molecule has 6 nitrogen and oxygen atoms in total. The molecule has 1 fully saturated rings. The lowest BCUT2D eigenvalue weighted by atomic mass is 9.67. The number of rotatable bonds is 3. The van der Waals surface area contributed by atoms with E-state index in [0.717, 1.165) is 6.07 Å². The van der Waals surface area contributed by atoms with Gasteiger partial charge in [-0.25, -0.2) is 4.39 Å². The number of nitrogens with one attached hydrogen (secondary N) is 1. The molecule has 4 N–H and O–H groups in total. The first-order valence-electron chi connectivity index (χ1n) is 7.93. The molecule has 1 aliphatic heterocycles. The number of halogens is 1. The summed E-state index contributed by atoms with van der Waals surface area (Å²) in [5, 5.41) is 23.3. The molecular weight excluding hydrogens is 337 g/mol. The first-order chi connectivity index (χ1) is 12.4. The first kappa shape index (κ1) is 17.6. The van der Waals surface area contributed by atoms with Crippen LogP contribution in [0.15, 0.2) is 54.6 Å². The third kappa shape index (κ3) is 2.70. The smallest absolute Gasteiger partial charge is 0.235 e. The maximum atomic E-state index is 14.4. The van der Waals surface area contributed by atoms with E-state index in [4.69, 9.17) is 5.73 Å². The normalized spacial score (nSPS) is 28.0. The lowest BCUT2D eigenvalue weighted by Gasteiger charge is -2.44. The molecule has 2 aromatic carbocycles. The zero-order valence-corrected chi connectivity index (χ0v) is 13.6. The zero-order chi connectivity index (χ0) is 18.9. The molecule has 0 bridgehead atoms. The van der Waals surface area contributed by atoms with Crippen LogP contribution < -0.4 is 11.1 Å². The highest BCUT2D eigenvalue weighted by Gasteiger charge is 2.56. The number of hydrogen-bond donors (Lipinski definition) is 3. The van der Waals surface area contributed by atoms with Gasteiger partial charge in [0.05, 0.1) is 6.07 Å². The Hall–Kier alpha value is -3.24. The Morgan fingerprint density at radius 1 is 1.19 bits per heavy atom. The molecule has 1 saturated heterocycles. The third-order valence-corrected chi connectivity index (χ3v) is 4.69. The van der Waals surface area contributed by atoms with Gasteiger partial charge in [-0.05, 0) is 11.6 Å². The van der Waals surface area contributed by atoms with E-state index in [-0.39, 0.29) is 11.1 Å². The van der Waals surface area contributed by atoms with Crippen molar-refractivity contribution in [2.24, 2.45) is 17.6 Å². The molecule has 0 radical (unpaired) electrons. The van der Waals surface area contributed by atoms with Gasteiger partial charge in [-0.1, -0.05) is 48.5 Å². The summed E-state index contributed by atoms with van der Waals surface area (Å²) < 4.78 is 14.4. The Balaban J connectivity index is 2.22. The number of primary amides is 1. The first-order valence-corrected chi connectivity index (χ1v) is 7.93. The van der Waals surface area contributed by atoms with Crippen molar-refractivity contribution in [3.8, 4) is 6.07 Å². The van der Waals surface area contributed by atoms with Crippen molar-refractivity contribution in [2.75, 3.05) is 0 Å². The van der Waals surface area contributed by atoms with Crippen molar-refractivity contribution in [2.45, 2.75) is 11.6 Å². The van der Waals surface area contributed by atoms with Crippen LogP contribution in [-0.4, -0.2) is 16.9 Å². The van der Waals surface area contributed by atoms with E-state index >= 15 is 0 Å². The fourth-order valence-corrected chi connectivity index (χ4v) is 3.49. The Morgan fingerprint density at radius 2 is 1.81 bits per heavy atom. The molecule has 0 saturated carbocycles. The van der Waals surface area contributed by atoms with Gasteiger partial charge < -0.3 is 16.2 Å². The van der Waals surface area contributed by atoms with Crippen LogP contribution in [-0.2, 0) is 15.3 Å². The number of nitriles is 1. The summed E-state index contributed by atoms with van der Waals surface area (Å²) in [6, 6.07) is 15.5. The van der Waals surface area contributed by atoms with E-state index in [1.165, 1.54) is 30.3 Å². The van der Waals surface area contributed by atoms with Gasteiger partial charge in [0.2, 0.25) is 11.8 Å². The number of aliphatic hydroxyl groups is 1. The Morgan fingerprint density at radius 3 is 2.38 bits per heavy atom. The molecule has 7 heteroatoms. The highest BCUT2D eigenvalue weighted by atomic mass is 19.1. The molecule has 3 rings (SSSR count). The Labute approximate surface area is 149 Å². The van der Waals surface area contributed by atoms with E-state index < -0.39 is 41.1 Å². The van der Waals surface area contributed by atoms with Crippen LogP contribution in [0.4, 0.5) is 4.39 Å². The second-order valence-corrected chi connectivity index (χ2v) is 6.16. The Kier molecular flexibility index (Phi) is 4.45. The van der Waals surface area contributed by atoms with Crippen molar-refractivity contribution >= 4 is 11.8 Å². The minimum Gasteiger partial charge on any atom is -0.369 e. The largest absolute Gasteiger partial charge is 0.369 e. The molecule has 0 spiro atoms. The molecule has 1 heterocycles. The van der Waals surface area contributed by atoms with E-state index in [9.17, 15) is 24.3 Å². The average molecular weight is 353 g/mol. The van der Waals surface area contributed by atoms with Crippen LogP contribution in [0, 0.1) is 29.0 Å². The third-order valence-electron chi connectivity index (χ3n) is 4.69. The van der Waals surface area contributed by atoms with Gasteiger partial charge in [0.1, 0.15) is 17.7 Å². The fourth-order valence-electron chi connectivity index (χ4n) is 3.49. The molecule has 4 unspecified atom stereocenters. The lowest BCUT2D eigenvalue weighted by molar-refractivity contribution is -0.153. The summed E-state index contributed by atoms with van der Waals surface area (Å²) in [5.74, 6) is -6.60. The van der Waals surface area contributed by atoms with E-state index in [0.29, 0.717) is 0 Å². The number of piperidine rings is 1. The van der Waals surface area contributed by atoms with Crippen molar-refractivity contribution < 1.29 is 19.1 Å². The highest BCUT2D eigenvalue weighted by molar-refractivity contribution is 6.01. The number of carbonyl (C=O) groups excluding carboxylic acids is 2. The van der Waals surface area contributed by atoms with E-state index in [1.54, 1.807) is 18.2 Å². The molecule has 1 aliphatic rings. The van der Waals surface area contributed by atoms with Crippen LogP contribution in [0.1, 0.15) is 17.0 Å². The van der Waals surface area contributed by atoms with Crippen LogP contribution >= 0.6 is 0 Å². The highest BCUT2D eigenvalue weighted by Crippen LogP contribution is 2.45. The summed E-state index contributed by atoms with van der Waals surface area (Å²) >= 11 is 0. The monoisotopic (exact) mass is 353 g/mol. The van der Waals surface area contributed by atoms with Crippen LogP contribution in [0.3, 0.4) is 0 Å². The Bertz CT molecular complexity index is 896. The minimum absolute atomic E-state index is 0.0212.